The topological polar surface area (TPSA) is 89.7 Å². The van der Waals surface area contributed by atoms with Crippen molar-refractivity contribution in [3.63, 3.8) is 0 Å². The first-order valence-corrected chi connectivity index (χ1v) is 10.0. The summed E-state index contributed by atoms with van der Waals surface area (Å²) in [4.78, 5) is 18.8. The summed E-state index contributed by atoms with van der Waals surface area (Å²) >= 11 is 0. The van der Waals surface area contributed by atoms with Crippen molar-refractivity contribution in [3.8, 4) is 22.9 Å². The summed E-state index contributed by atoms with van der Waals surface area (Å²) in [5.74, 6) is 2.40. The first-order chi connectivity index (χ1) is 15.0. The molecule has 0 aliphatic rings. The highest BCUT2D eigenvalue weighted by molar-refractivity contribution is 5.76. The Bertz CT molecular complexity index is 985. The third kappa shape index (κ3) is 6.05. The third-order valence-corrected chi connectivity index (χ3v) is 4.98. The van der Waals surface area contributed by atoms with E-state index in [1.807, 2.05) is 62.6 Å². The normalized spacial score (nSPS) is 11.9. The van der Waals surface area contributed by atoms with E-state index in [1.54, 1.807) is 14.2 Å². The van der Waals surface area contributed by atoms with Gasteiger partial charge in [0.2, 0.25) is 17.6 Å². The molecule has 31 heavy (non-hydrogen) atoms. The van der Waals surface area contributed by atoms with E-state index in [9.17, 15) is 4.79 Å². The monoisotopic (exact) mass is 424 g/mol. The van der Waals surface area contributed by atoms with Crippen molar-refractivity contribution in [1.29, 1.82) is 0 Å². The molecule has 1 atom stereocenters. The second kappa shape index (κ2) is 10.6. The zero-order valence-corrected chi connectivity index (χ0v) is 18.3. The number of carbonyl (C=O) groups excluding carboxylic acids is 1. The maximum Gasteiger partial charge on any atom is 0.227 e. The number of nitrogens with zero attached hydrogens (tertiary/aromatic N) is 3. The van der Waals surface area contributed by atoms with Gasteiger partial charge in [0.15, 0.2) is 0 Å². The van der Waals surface area contributed by atoms with E-state index in [4.69, 9.17) is 14.0 Å². The number of benzene rings is 2. The van der Waals surface area contributed by atoms with Gasteiger partial charge in [-0.1, -0.05) is 17.3 Å². The van der Waals surface area contributed by atoms with Crippen LogP contribution in [0.5, 0.6) is 11.5 Å². The van der Waals surface area contributed by atoms with E-state index in [-0.39, 0.29) is 18.4 Å². The minimum absolute atomic E-state index is 0.0316. The van der Waals surface area contributed by atoms with Gasteiger partial charge < -0.3 is 24.2 Å². The van der Waals surface area contributed by atoms with Crippen molar-refractivity contribution in [2.24, 2.45) is 0 Å². The molecule has 0 aliphatic carbocycles. The highest BCUT2D eigenvalue weighted by Crippen LogP contribution is 2.22. The van der Waals surface area contributed by atoms with Crippen molar-refractivity contribution in [3.05, 3.63) is 60.0 Å². The number of carbonyl (C=O) groups is 1. The lowest BCUT2D eigenvalue weighted by molar-refractivity contribution is -0.121. The van der Waals surface area contributed by atoms with Crippen LogP contribution in [0.2, 0.25) is 0 Å². The number of hydrogen-bond donors (Lipinski definition) is 1. The molecule has 1 N–H and O–H groups in total. The zero-order chi connectivity index (χ0) is 22.2. The smallest absolute Gasteiger partial charge is 0.227 e. The molecule has 2 aromatic carbocycles. The number of rotatable bonds is 10. The van der Waals surface area contributed by atoms with E-state index in [1.165, 1.54) is 0 Å². The standard InChI is InChI=1S/C23H28N4O4/c1-27(2)20(17-6-5-7-19(14-17)30-4)15-24-21(28)12-13-22-25-23(26-31-22)16-8-10-18(29-3)11-9-16/h5-11,14,20H,12-13,15H2,1-4H3,(H,24,28). The number of methoxy groups -OCH3 is 2. The fourth-order valence-corrected chi connectivity index (χ4v) is 3.18. The summed E-state index contributed by atoms with van der Waals surface area (Å²) in [5, 5.41) is 6.99. The Hall–Kier alpha value is -3.39. The van der Waals surface area contributed by atoms with Gasteiger partial charge >= 0.3 is 0 Å². The van der Waals surface area contributed by atoms with E-state index in [0.717, 1.165) is 22.6 Å². The van der Waals surface area contributed by atoms with Crippen LogP contribution in [0.15, 0.2) is 53.1 Å². The fourth-order valence-electron chi connectivity index (χ4n) is 3.18. The van der Waals surface area contributed by atoms with Crippen molar-refractivity contribution in [1.82, 2.24) is 20.4 Å². The SMILES string of the molecule is COc1ccc(-c2noc(CCC(=O)NCC(c3cccc(OC)c3)N(C)C)n2)cc1. The summed E-state index contributed by atoms with van der Waals surface area (Å²) in [6.45, 7) is 0.486. The fraction of sp³-hybridized carbons (Fsp3) is 0.348. The van der Waals surface area contributed by atoms with Gasteiger partial charge in [-0.3, -0.25) is 4.79 Å². The van der Waals surface area contributed by atoms with Gasteiger partial charge in [-0.15, -0.1) is 0 Å². The lowest BCUT2D eigenvalue weighted by atomic mass is 10.1. The van der Waals surface area contributed by atoms with E-state index >= 15 is 0 Å². The van der Waals surface area contributed by atoms with E-state index in [0.29, 0.717) is 24.7 Å². The van der Waals surface area contributed by atoms with Crippen LogP contribution >= 0.6 is 0 Å². The maximum absolute atomic E-state index is 12.4. The molecule has 8 nitrogen and oxygen atoms in total. The minimum atomic E-state index is -0.0704. The zero-order valence-electron chi connectivity index (χ0n) is 18.3. The lowest BCUT2D eigenvalue weighted by Crippen LogP contribution is -2.34. The Kier molecular flexibility index (Phi) is 7.61. The molecule has 3 rings (SSSR count). The Morgan fingerprint density at radius 2 is 1.84 bits per heavy atom. The molecule has 3 aromatic rings. The predicted molar refractivity (Wildman–Crippen MR) is 117 cm³/mol. The second-order valence-electron chi connectivity index (χ2n) is 7.30. The van der Waals surface area contributed by atoms with Crippen molar-refractivity contribution < 1.29 is 18.8 Å². The molecular formula is C23H28N4O4. The Morgan fingerprint density at radius 1 is 1.10 bits per heavy atom. The average Bonchev–Trinajstić information content (AvgIpc) is 3.27. The maximum atomic E-state index is 12.4. The van der Waals surface area contributed by atoms with Crippen molar-refractivity contribution >= 4 is 5.91 Å². The van der Waals surface area contributed by atoms with Crippen LogP contribution in [-0.2, 0) is 11.2 Å². The van der Waals surface area contributed by atoms with Crippen LogP contribution in [0.3, 0.4) is 0 Å². The van der Waals surface area contributed by atoms with Gasteiger partial charge in [-0.25, -0.2) is 0 Å². The van der Waals surface area contributed by atoms with Gasteiger partial charge in [0.1, 0.15) is 11.5 Å². The summed E-state index contributed by atoms with van der Waals surface area (Å²) in [6, 6.07) is 15.3. The van der Waals surface area contributed by atoms with Crippen LogP contribution in [0.25, 0.3) is 11.4 Å². The number of nitrogens with one attached hydrogen (secondary N) is 1. The number of ether oxygens (including phenoxy) is 2. The Morgan fingerprint density at radius 3 is 2.52 bits per heavy atom. The molecule has 0 spiro atoms. The van der Waals surface area contributed by atoms with Crippen molar-refractivity contribution in [2.75, 3.05) is 34.9 Å². The molecule has 8 heteroatoms. The molecule has 0 radical (unpaired) electrons. The number of hydrogen-bond acceptors (Lipinski definition) is 7. The molecule has 1 heterocycles. The molecule has 164 valence electrons. The average molecular weight is 425 g/mol. The largest absolute Gasteiger partial charge is 0.497 e. The summed E-state index contributed by atoms with van der Waals surface area (Å²) in [7, 11) is 7.22. The number of amides is 1. The van der Waals surface area contributed by atoms with Crippen LogP contribution in [0, 0.1) is 0 Å². The van der Waals surface area contributed by atoms with Gasteiger partial charge in [0.05, 0.1) is 20.3 Å². The van der Waals surface area contributed by atoms with Crippen LogP contribution < -0.4 is 14.8 Å². The van der Waals surface area contributed by atoms with Crippen LogP contribution in [-0.4, -0.2) is 55.8 Å². The number of likely N-dealkylation sites (N-methyl/N-ethyl adjacent to an activating group) is 1. The molecule has 0 aliphatic heterocycles. The van der Waals surface area contributed by atoms with Crippen molar-refractivity contribution in [2.45, 2.75) is 18.9 Å². The van der Waals surface area contributed by atoms with Gasteiger partial charge in [0.25, 0.3) is 0 Å². The molecule has 0 saturated carbocycles. The minimum Gasteiger partial charge on any atom is -0.497 e. The van der Waals surface area contributed by atoms with E-state index in [2.05, 4.69) is 20.4 Å². The number of aromatic nitrogens is 2. The first kappa shape index (κ1) is 22.3. The first-order valence-electron chi connectivity index (χ1n) is 10.0. The summed E-state index contributed by atoms with van der Waals surface area (Å²) < 4.78 is 15.7. The molecule has 1 unspecified atom stereocenters. The lowest BCUT2D eigenvalue weighted by Gasteiger charge is -2.25. The predicted octanol–water partition coefficient (Wildman–Crippen LogP) is 3.11. The molecule has 0 bridgehead atoms. The highest BCUT2D eigenvalue weighted by atomic mass is 16.5. The summed E-state index contributed by atoms with van der Waals surface area (Å²) in [6.07, 6.45) is 0.642. The molecule has 0 fully saturated rings. The summed E-state index contributed by atoms with van der Waals surface area (Å²) in [5.41, 5.74) is 1.90. The highest BCUT2D eigenvalue weighted by Gasteiger charge is 2.17. The Labute approximate surface area is 182 Å². The van der Waals surface area contributed by atoms with Crippen LogP contribution in [0.4, 0.5) is 0 Å². The molecule has 1 aromatic heterocycles. The van der Waals surface area contributed by atoms with Gasteiger partial charge in [-0.2, -0.15) is 4.98 Å². The Balaban J connectivity index is 1.53. The van der Waals surface area contributed by atoms with E-state index < -0.39 is 0 Å². The quantitative estimate of drug-likeness (QED) is 0.535. The molecule has 1 amide bonds. The third-order valence-electron chi connectivity index (χ3n) is 4.98. The number of aryl methyl sites for hydroxylation is 1. The van der Waals surface area contributed by atoms with Gasteiger partial charge in [0, 0.05) is 24.9 Å². The molecule has 0 saturated heterocycles. The van der Waals surface area contributed by atoms with Gasteiger partial charge in [-0.05, 0) is 56.1 Å². The second-order valence-corrected chi connectivity index (χ2v) is 7.30. The van der Waals surface area contributed by atoms with Crippen LogP contribution in [0.1, 0.15) is 23.9 Å². The molecular weight excluding hydrogens is 396 g/mol.